The molecule has 0 aromatic rings. The summed E-state index contributed by atoms with van der Waals surface area (Å²) in [5.41, 5.74) is 0.892. The Morgan fingerprint density at radius 1 is 1.44 bits per heavy atom. The minimum absolute atomic E-state index is 0.436. The first kappa shape index (κ1) is 13.2. The second-order valence-electron chi connectivity index (χ2n) is 4.78. The fourth-order valence-corrected chi connectivity index (χ4v) is 1.97. The van der Waals surface area contributed by atoms with E-state index in [-0.39, 0.29) is 0 Å². The van der Waals surface area contributed by atoms with Crippen molar-refractivity contribution in [2.75, 3.05) is 13.2 Å². The molecular weight excluding hydrogens is 204 g/mol. The lowest BCUT2D eigenvalue weighted by Crippen LogP contribution is -2.41. The molecule has 1 N–H and O–H groups in total. The van der Waals surface area contributed by atoms with Crippen LogP contribution in [0.3, 0.4) is 0 Å². The molecule has 1 saturated heterocycles. The van der Waals surface area contributed by atoms with Gasteiger partial charge in [0.25, 0.3) is 0 Å². The van der Waals surface area contributed by atoms with Crippen LogP contribution < -0.4 is 0 Å². The Kier molecular flexibility index (Phi) is 5.00. The summed E-state index contributed by atoms with van der Waals surface area (Å²) < 4.78 is 5.27. The molecular formula is C13H22O3. The highest BCUT2D eigenvalue weighted by atomic mass is 16.5. The van der Waals surface area contributed by atoms with Gasteiger partial charge in [0.2, 0.25) is 0 Å². The number of hydrogen-bond donors (Lipinski definition) is 1. The number of unbranched alkanes of at least 4 members (excludes halogenated alkanes) is 2. The van der Waals surface area contributed by atoms with Crippen molar-refractivity contribution in [2.45, 2.75) is 46.0 Å². The predicted molar refractivity (Wildman–Crippen MR) is 63.4 cm³/mol. The highest BCUT2D eigenvalue weighted by Crippen LogP contribution is 2.36. The highest BCUT2D eigenvalue weighted by Gasteiger charge is 2.35. The summed E-state index contributed by atoms with van der Waals surface area (Å²) in [6.45, 7) is 5.69. The smallest absolute Gasteiger partial charge is 0.330 e. The number of ether oxygens (including phenoxy) is 1. The molecule has 0 aromatic carbocycles. The van der Waals surface area contributed by atoms with Gasteiger partial charge < -0.3 is 9.84 Å². The van der Waals surface area contributed by atoms with E-state index in [4.69, 9.17) is 9.84 Å². The molecule has 0 radical (unpaired) electrons. The lowest BCUT2D eigenvalue weighted by Gasteiger charge is -2.41. The zero-order valence-electron chi connectivity index (χ0n) is 10.3. The third-order valence-electron chi connectivity index (χ3n) is 3.52. The van der Waals surface area contributed by atoms with Gasteiger partial charge in [0.1, 0.15) is 0 Å². The fourth-order valence-electron chi connectivity index (χ4n) is 1.97. The van der Waals surface area contributed by atoms with Crippen molar-refractivity contribution >= 4 is 5.97 Å². The maximum Gasteiger partial charge on any atom is 0.330 e. The average molecular weight is 226 g/mol. The Labute approximate surface area is 97.5 Å². The van der Waals surface area contributed by atoms with Crippen LogP contribution in [0.4, 0.5) is 0 Å². The van der Waals surface area contributed by atoms with E-state index >= 15 is 0 Å². The van der Waals surface area contributed by atoms with Crippen LogP contribution in [0.15, 0.2) is 11.6 Å². The summed E-state index contributed by atoms with van der Waals surface area (Å²) in [4.78, 5) is 10.5. The van der Waals surface area contributed by atoms with Crippen molar-refractivity contribution in [1.29, 1.82) is 0 Å². The molecule has 0 bridgehead atoms. The zero-order valence-corrected chi connectivity index (χ0v) is 10.3. The zero-order chi connectivity index (χ0) is 12.0. The van der Waals surface area contributed by atoms with Gasteiger partial charge in [-0.2, -0.15) is 0 Å². The van der Waals surface area contributed by atoms with Gasteiger partial charge in [0.05, 0.1) is 13.2 Å². The Bertz CT molecular complexity index is 259. The second kappa shape index (κ2) is 6.04. The Morgan fingerprint density at radius 3 is 2.56 bits per heavy atom. The normalized spacial score (nSPS) is 19.2. The van der Waals surface area contributed by atoms with E-state index in [2.05, 4.69) is 6.92 Å². The molecule has 0 atom stereocenters. The molecule has 3 heteroatoms. The maximum absolute atomic E-state index is 10.5. The molecule has 16 heavy (non-hydrogen) atoms. The van der Waals surface area contributed by atoms with Crippen LogP contribution in [-0.2, 0) is 9.53 Å². The van der Waals surface area contributed by atoms with E-state index in [1.54, 1.807) is 6.92 Å². The first-order valence-corrected chi connectivity index (χ1v) is 6.07. The molecule has 1 heterocycles. The number of aliphatic carboxylic acids is 1. The highest BCUT2D eigenvalue weighted by molar-refractivity contribution is 5.85. The van der Waals surface area contributed by atoms with E-state index < -0.39 is 5.97 Å². The van der Waals surface area contributed by atoms with Crippen LogP contribution in [0, 0.1) is 5.41 Å². The monoisotopic (exact) mass is 226 g/mol. The molecule has 0 unspecified atom stereocenters. The van der Waals surface area contributed by atoms with E-state index in [0.717, 1.165) is 26.1 Å². The number of rotatable bonds is 7. The van der Waals surface area contributed by atoms with Crippen molar-refractivity contribution < 1.29 is 14.6 Å². The van der Waals surface area contributed by atoms with Gasteiger partial charge >= 0.3 is 5.97 Å². The lowest BCUT2D eigenvalue weighted by molar-refractivity contribution is -0.132. The van der Waals surface area contributed by atoms with Gasteiger partial charge in [0, 0.05) is 11.0 Å². The quantitative estimate of drug-likeness (QED) is 0.536. The van der Waals surface area contributed by atoms with Crippen LogP contribution >= 0.6 is 0 Å². The molecule has 0 aromatic heterocycles. The van der Waals surface area contributed by atoms with Gasteiger partial charge in [-0.25, -0.2) is 4.79 Å². The summed E-state index contributed by atoms with van der Waals surface area (Å²) in [5, 5.41) is 8.67. The Balaban J connectivity index is 2.12. The summed E-state index contributed by atoms with van der Waals surface area (Å²) in [6.07, 6.45) is 7.34. The number of hydrogen-bond acceptors (Lipinski definition) is 2. The lowest BCUT2D eigenvalue weighted by atomic mass is 9.78. The summed E-state index contributed by atoms with van der Waals surface area (Å²) in [6, 6.07) is 0. The molecule has 0 aliphatic carbocycles. The SMILES string of the molecule is CCC1(CCCCC=C(C)C(=O)O)COC1. The van der Waals surface area contributed by atoms with Crippen molar-refractivity contribution in [3.05, 3.63) is 11.6 Å². The van der Waals surface area contributed by atoms with Crippen molar-refractivity contribution in [2.24, 2.45) is 5.41 Å². The Hall–Kier alpha value is -0.830. The largest absolute Gasteiger partial charge is 0.478 e. The Morgan fingerprint density at radius 2 is 2.12 bits per heavy atom. The number of carbonyl (C=O) groups is 1. The minimum atomic E-state index is -0.808. The van der Waals surface area contributed by atoms with Crippen molar-refractivity contribution in [3.63, 3.8) is 0 Å². The van der Waals surface area contributed by atoms with Gasteiger partial charge in [-0.15, -0.1) is 0 Å². The average Bonchev–Trinajstić information content (AvgIpc) is 2.20. The van der Waals surface area contributed by atoms with E-state index in [1.807, 2.05) is 6.08 Å². The predicted octanol–water partition coefficient (Wildman–Crippen LogP) is 3.00. The minimum Gasteiger partial charge on any atom is -0.478 e. The van der Waals surface area contributed by atoms with Crippen LogP contribution in [0.1, 0.15) is 46.0 Å². The molecule has 1 aliphatic heterocycles. The van der Waals surface area contributed by atoms with E-state index in [0.29, 0.717) is 11.0 Å². The molecule has 3 nitrogen and oxygen atoms in total. The molecule has 1 aliphatic rings. The third-order valence-corrected chi connectivity index (χ3v) is 3.52. The first-order valence-electron chi connectivity index (χ1n) is 6.07. The first-order chi connectivity index (χ1) is 7.59. The molecule has 92 valence electrons. The summed E-state index contributed by atoms with van der Waals surface area (Å²) in [5.74, 6) is -0.808. The van der Waals surface area contributed by atoms with Gasteiger partial charge in [0.15, 0.2) is 0 Å². The van der Waals surface area contributed by atoms with Gasteiger partial charge in [-0.05, 0) is 32.6 Å². The second-order valence-corrected chi connectivity index (χ2v) is 4.78. The fraction of sp³-hybridized carbons (Fsp3) is 0.769. The molecule has 0 amide bonds. The van der Waals surface area contributed by atoms with Crippen molar-refractivity contribution in [1.82, 2.24) is 0 Å². The molecule has 1 rings (SSSR count). The van der Waals surface area contributed by atoms with E-state index in [9.17, 15) is 4.79 Å². The maximum atomic E-state index is 10.5. The third kappa shape index (κ3) is 3.63. The van der Waals surface area contributed by atoms with Crippen LogP contribution in [-0.4, -0.2) is 24.3 Å². The van der Waals surface area contributed by atoms with Crippen molar-refractivity contribution in [3.8, 4) is 0 Å². The number of carboxylic acids is 1. The van der Waals surface area contributed by atoms with E-state index in [1.165, 1.54) is 19.3 Å². The topological polar surface area (TPSA) is 46.5 Å². The number of allylic oxidation sites excluding steroid dienone is 1. The van der Waals surface area contributed by atoms with Gasteiger partial charge in [-0.1, -0.05) is 19.4 Å². The molecule has 1 fully saturated rings. The van der Waals surface area contributed by atoms with Crippen LogP contribution in [0.2, 0.25) is 0 Å². The van der Waals surface area contributed by atoms with Crippen LogP contribution in [0.25, 0.3) is 0 Å². The number of carboxylic acid groups (broad SMARTS) is 1. The van der Waals surface area contributed by atoms with Crippen LogP contribution in [0.5, 0.6) is 0 Å². The molecule has 0 spiro atoms. The van der Waals surface area contributed by atoms with Gasteiger partial charge in [-0.3, -0.25) is 0 Å². The summed E-state index contributed by atoms with van der Waals surface area (Å²) in [7, 11) is 0. The standard InChI is InChI=1S/C13H22O3/c1-3-13(9-16-10-13)8-6-4-5-7-11(2)12(14)15/h7H,3-6,8-10H2,1-2H3,(H,14,15). The molecule has 0 saturated carbocycles. The summed E-state index contributed by atoms with van der Waals surface area (Å²) >= 11 is 0.